The van der Waals surface area contributed by atoms with Crippen LogP contribution in [0.15, 0.2) is 23.2 Å². The summed E-state index contributed by atoms with van der Waals surface area (Å²) in [6.45, 7) is -0.261. The summed E-state index contributed by atoms with van der Waals surface area (Å²) < 4.78 is 25.4. The molecule has 0 fully saturated rings. The van der Waals surface area contributed by atoms with E-state index in [1.54, 1.807) is 0 Å². The number of carbonyl (C=O) groups is 1. The number of aldehydes is 1. The Labute approximate surface area is 125 Å². The van der Waals surface area contributed by atoms with Crippen LogP contribution in [0.1, 0.15) is 0 Å². The first-order valence-corrected chi connectivity index (χ1v) is 7.58. The van der Waals surface area contributed by atoms with Gasteiger partial charge in [0.05, 0.1) is 23.3 Å². The molecule has 1 aromatic heterocycles. The molecule has 2 aromatic rings. The minimum atomic E-state index is -3.86. The molecule has 20 heavy (non-hydrogen) atoms. The quantitative estimate of drug-likeness (QED) is 0.796. The van der Waals surface area contributed by atoms with E-state index < -0.39 is 10.0 Å². The van der Waals surface area contributed by atoms with Crippen LogP contribution in [0, 0.1) is 0 Å². The summed E-state index contributed by atoms with van der Waals surface area (Å²) in [5.41, 5.74) is 0.621. The third kappa shape index (κ3) is 2.62. The second-order valence-corrected chi connectivity index (χ2v) is 6.67. The lowest BCUT2D eigenvalue weighted by atomic mass is 10.3. The zero-order valence-corrected chi connectivity index (χ0v) is 12.6. The summed E-state index contributed by atoms with van der Waals surface area (Å²) in [4.78, 5) is 18.3. The number of fused-ring (bicyclic) bond motifs is 1. The largest absolute Gasteiger partial charge is 0.302 e. The first kappa shape index (κ1) is 15.1. The minimum Gasteiger partial charge on any atom is -0.302 e. The Morgan fingerprint density at radius 1 is 1.35 bits per heavy atom. The molecule has 0 unspecified atom stereocenters. The molecule has 0 saturated carbocycles. The zero-order valence-electron chi connectivity index (χ0n) is 10.2. The smallest absolute Gasteiger partial charge is 0.244 e. The van der Waals surface area contributed by atoms with Gasteiger partial charge in [0.1, 0.15) is 21.9 Å². The Kier molecular flexibility index (Phi) is 4.24. The molecule has 0 N–H and O–H groups in total. The van der Waals surface area contributed by atoms with Gasteiger partial charge in [0.2, 0.25) is 10.0 Å². The van der Waals surface area contributed by atoms with E-state index in [1.807, 2.05) is 0 Å². The van der Waals surface area contributed by atoms with Crippen molar-refractivity contribution in [3.63, 3.8) is 0 Å². The minimum absolute atomic E-state index is 0.0515. The number of hydrogen-bond acceptors (Lipinski definition) is 5. The lowest BCUT2D eigenvalue weighted by Gasteiger charge is -2.15. The first-order chi connectivity index (χ1) is 9.37. The van der Waals surface area contributed by atoms with Crippen LogP contribution in [0.5, 0.6) is 0 Å². The van der Waals surface area contributed by atoms with E-state index in [4.69, 9.17) is 23.2 Å². The van der Waals surface area contributed by atoms with Crippen molar-refractivity contribution in [1.29, 1.82) is 0 Å². The maximum absolute atomic E-state index is 12.3. The molecule has 9 heteroatoms. The number of rotatable bonds is 4. The fraction of sp³-hybridized carbons (Fsp3) is 0.182. The highest BCUT2D eigenvalue weighted by atomic mass is 35.5. The molecule has 6 nitrogen and oxygen atoms in total. The number of nitrogens with zero attached hydrogens (tertiary/aromatic N) is 3. The van der Waals surface area contributed by atoms with Crippen molar-refractivity contribution < 1.29 is 13.2 Å². The van der Waals surface area contributed by atoms with Gasteiger partial charge in [-0.25, -0.2) is 18.4 Å². The summed E-state index contributed by atoms with van der Waals surface area (Å²) in [5.74, 6) is 0. The summed E-state index contributed by atoms with van der Waals surface area (Å²) in [6.07, 6.45) is 1.77. The standard InChI is InChI=1S/C11H9Cl2N3O3S/c1-16(4-5-17)20(18,19)8-3-2-7-11(10(8)13)14-6-9(12)15-7/h2-3,5-6H,4H2,1H3. The average Bonchev–Trinajstić information content (AvgIpc) is 2.38. The molecule has 0 aliphatic carbocycles. The molecule has 0 atom stereocenters. The van der Waals surface area contributed by atoms with Crippen LogP contribution in [0.2, 0.25) is 10.2 Å². The Morgan fingerprint density at radius 2 is 2.05 bits per heavy atom. The molecule has 0 amide bonds. The van der Waals surface area contributed by atoms with Gasteiger partial charge in [-0.1, -0.05) is 23.2 Å². The van der Waals surface area contributed by atoms with Gasteiger partial charge in [-0.2, -0.15) is 4.31 Å². The van der Waals surface area contributed by atoms with Crippen LogP contribution >= 0.6 is 23.2 Å². The second-order valence-electron chi connectivity index (χ2n) is 3.89. The van der Waals surface area contributed by atoms with Gasteiger partial charge in [-0.3, -0.25) is 0 Å². The molecular weight excluding hydrogens is 325 g/mol. The molecule has 0 radical (unpaired) electrons. The van der Waals surface area contributed by atoms with Gasteiger partial charge in [0.15, 0.2) is 0 Å². The van der Waals surface area contributed by atoms with Crippen LogP contribution in [-0.2, 0) is 14.8 Å². The zero-order chi connectivity index (χ0) is 14.9. The highest BCUT2D eigenvalue weighted by molar-refractivity contribution is 7.89. The lowest BCUT2D eigenvalue weighted by molar-refractivity contribution is -0.107. The van der Waals surface area contributed by atoms with Gasteiger partial charge in [0, 0.05) is 7.05 Å². The van der Waals surface area contributed by atoms with E-state index in [0.29, 0.717) is 11.8 Å². The normalized spacial score (nSPS) is 12.0. The highest BCUT2D eigenvalue weighted by Gasteiger charge is 2.25. The predicted octanol–water partition coefficient (Wildman–Crippen LogP) is 1.76. The van der Waals surface area contributed by atoms with E-state index >= 15 is 0 Å². The molecule has 0 saturated heterocycles. The van der Waals surface area contributed by atoms with Crippen LogP contribution < -0.4 is 0 Å². The average molecular weight is 334 g/mol. The Balaban J connectivity index is 2.64. The lowest BCUT2D eigenvalue weighted by Crippen LogP contribution is -2.28. The molecule has 1 aromatic carbocycles. The van der Waals surface area contributed by atoms with Gasteiger partial charge in [0.25, 0.3) is 0 Å². The monoisotopic (exact) mass is 333 g/mol. The number of halogens is 2. The molecule has 106 valence electrons. The maximum Gasteiger partial charge on any atom is 0.244 e. The van der Waals surface area contributed by atoms with E-state index in [-0.39, 0.29) is 27.1 Å². The van der Waals surface area contributed by atoms with Crippen molar-refractivity contribution in [2.45, 2.75) is 4.90 Å². The topological polar surface area (TPSA) is 80.2 Å². The highest BCUT2D eigenvalue weighted by Crippen LogP contribution is 2.30. The second kappa shape index (κ2) is 5.61. The number of hydrogen-bond donors (Lipinski definition) is 0. The fourth-order valence-electron chi connectivity index (χ4n) is 1.58. The first-order valence-electron chi connectivity index (χ1n) is 5.38. The number of likely N-dealkylation sites (N-methyl/N-ethyl adjacent to an activating group) is 1. The molecule has 0 aliphatic rings. The van der Waals surface area contributed by atoms with Crippen molar-refractivity contribution in [2.75, 3.05) is 13.6 Å². The summed E-state index contributed by atoms with van der Waals surface area (Å²) >= 11 is 11.8. The number of sulfonamides is 1. The third-order valence-electron chi connectivity index (χ3n) is 2.61. The van der Waals surface area contributed by atoms with E-state index in [2.05, 4.69) is 9.97 Å². The fourth-order valence-corrected chi connectivity index (χ4v) is 3.38. The van der Waals surface area contributed by atoms with E-state index in [1.165, 1.54) is 25.4 Å². The van der Waals surface area contributed by atoms with Gasteiger partial charge < -0.3 is 4.79 Å². The SMILES string of the molecule is CN(CC=O)S(=O)(=O)c1ccc2nc(Cl)cnc2c1Cl. The Morgan fingerprint density at radius 3 is 2.70 bits per heavy atom. The van der Waals surface area contributed by atoms with E-state index in [9.17, 15) is 13.2 Å². The summed E-state index contributed by atoms with van der Waals surface area (Å²) in [6, 6.07) is 2.77. The Hall–Kier alpha value is -1.28. The molecule has 1 heterocycles. The van der Waals surface area contributed by atoms with Crippen molar-refractivity contribution in [1.82, 2.24) is 14.3 Å². The predicted molar refractivity (Wildman–Crippen MR) is 75.4 cm³/mol. The third-order valence-corrected chi connectivity index (χ3v) is 5.15. The van der Waals surface area contributed by atoms with Crippen molar-refractivity contribution >= 4 is 50.5 Å². The molecular formula is C11H9Cl2N3O3S. The summed E-state index contributed by atoms with van der Waals surface area (Å²) in [7, 11) is -2.57. The number of carbonyl (C=O) groups excluding carboxylic acids is 1. The van der Waals surface area contributed by atoms with Crippen LogP contribution in [0.25, 0.3) is 11.0 Å². The molecule has 0 spiro atoms. The van der Waals surface area contributed by atoms with Gasteiger partial charge in [-0.15, -0.1) is 0 Å². The van der Waals surface area contributed by atoms with Crippen molar-refractivity contribution in [3.05, 3.63) is 28.5 Å². The summed E-state index contributed by atoms with van der Waals surface area (Å²) in [5, 5.41) is 0.131. The number of aromatic nitrogens is 2. The Bertz CT molecular complexity index is 780. The molecule has 0 aliphatic heterocycles. The molecule has 2 rings (SSSR count). The van der Waals surface area contributed by atoms with Crippen LogP contribution in [0.3, 0.4) is 0 Å². The molecule has 0 bridgehead atoms. The van der Waals surface area contributed by atoms with Gasteiger partial charge >= 0.3 is 0 Å². The van der Waals surface area contributed by atoms with Gasteiger partial charge in [-0.05, 0) is 12.1 Å². The maximum atomic E-state index is 12.3. The number of benzene rings is 1. The van der Waals surface area contributed by atoms with Crippen LogP contribution in [0.4, 0.5) is 0 Å². The van der Waals surface area contributed by atoms with E-state index in [0.717, 1.165) is 4.31 Å². The van der Waals surface area contributed by atoms with Crippen LogP contribution in [-0.4, -0.2) is 42.6 Å². The van der Waals surface area contributed by atoms with Crippen molar-refractivity contribution in [2.24, 2.45) is 0 Å². The van der Waals surface area contributed by atoms with Crippen molar-refractivity contribution in [3.8, 4) is 0 Å².